The van der Waals surface area contributed by atoms with Crippen LogP contribution in [-0.4, -0.2) is 58.4 Å². The van der Waals surface area contributed by atoms with Crippen molar-refractivity contribution in [1.82, 2.24) is 19.8 Å². The van der Waals surface area contributed by atoms with Crippen molar-refractivity contribution in [3.8, 4) is 11.4 Å². The average Bonchev–Trinajstić information content (AvgIpc) is 2.89. The Bertz CT molecular complexity index is 1320. The van der Waals surface area contributed by atoms with E-state index in [0.717, 1.165) is 36.2 Å². The number of hydrogen-bond acceptors (Lipinski definition) is 4. The predicted molar refractivity (Wildman–Crippen MR) is 138 cm³/mol. The summed E-state index contributed by atoms with van der Waals surface area (Å²) in [6, 6.07) is 23.3. The highest BCUT2D eigenvalue weighted by Gasteiger charge is 2.24. The van der Waals surface area contributed by atoms with E-state index in [-0.39, 0.29) is 5.91 Å². The van der Waals surface area contributed by atoms with Crippen LogP contribution in [0.5, 0.6) is 0 Å². The van der Waals surface area contributed by atoms with Crippen molar-refractivity contribution < 1.29 is 4.79 Å². The van der Waals surface area contributed by atoms with E-state index < -0.39 is 0 Å². The monoisotopic (exact) mass is 468 g/mol. The minimum absolute atomic E-state index is 0.00586. The first-order valence-corrected chi connectivity index (χ1v) is 11.8. The van der Waals surface area contributed by atoms with Gasteiger partial charge >= 0.3 is 0 Å². The molecular formula is C28H25ClN4O. The Morgan fingerprint density at radius 3 is 2.47 bits per heavy atom. The Labute approximate surface area is 204 Å². The molecule has 170 valence electrons. The van der Waals surface area contributed by atoms with E-state index in [9.17, 15) is 4.79 Å². The van der Waals surface area contributed by atoms with Gasteiger partial charge in [-0.1, -0.05) is 60.2 Å². The summed E-state index contributed by atoms with van der Waals surface area (Å²) in [5.41, 5.74) is 3.97. The Kier molecular flexibility index (Phi) is 6.65. The van der Waals surface area contributed by atoms with E-state index >= 15 is 0 Å². The lowest BCUT2D eigenvalue weighted by Crippen LogP contribution is -2.48. The van der Waals surface area contributed by atoms with E-state index in [0.29, 0.717) is 29.4 Å². The molecule has 2 aromatic heterocycles. The van der Waals surface area contributed by atoms with Crippen LogP contribution in [0.15, 0.2) is 85.1 Å². The number of fused-ring (bicyclic) bond motifs is 1. The van der Waals surface area contributed by atoms with Gasteiger partial charge in [0.1, 0.15) is 0 Å². The zero-order chi connectivity index (χ0) is 23.3. The zero-order valence-corrected chi connectivity index (χ0v) is 19.5. The number of rotatable bonds is 5. The van der Waals surface area contributed by atoms with Crippen molar-refractivity contribution in [2.75, 3.05) is 32.7 Å². The maximum absolute atomic E-state index is 13.6. The van der Waals surface area contributed by atoms with Crippen molar-refractivity contribution in [3.05, 3.63) is 101 Å². The van der Waals surface area contributed by atoms with Crippen molar-refractivity contribution in [3.63, 3.8) is 0 Å². The fourth-order valence-corrected chi connectivity index (χ4v) is 4.40. The lowest BCUT2D eigenvalue weighted by molar-refractivity contribution is 0.0652. The minimum atomic E-state index is 0.00586. The summed E-state index contributed by atoms with van der Waals surface area (Å²) in [7, 11) is 0. The molecule has 34 heavy (non-hydrogen) atoms. The van der Waals surface area contributed by atoms with E-state index in [1.54, 1.807) is 12.3 Å². The standard InChI is InChI=1S/C28H25ClN4O/c29-22-11-12-25-23(19-22)24(20-27(31-25)26-10-4-5-13-30-26)28(34)33-17-15-32(16-18-33)14-6-9-21-7-2-1-3-8-21/h1-13,19-20H,14-18H2/b9-6+. The Morgan fingerprint density at radius 1 is 0.912 bits per heavy atom. The normalized spacial score (nSPS) is 14.7. The number of carbonyl (C=O) groups excluding carboxylic acids is 1. The number of hydrogen-bond donors (Lipinski definition) is 0. The summed E-state index contributed by atoms with van der Waals surface area (Å²) < 4.78 is 0. The fourth-order valence-electron chi connectivity index (χ4n) is 4.23. The minimum Gasteiger partial charge on any atom is -0.336 e. The molecule has 0 spiro atoms. The second-order valence-electron chi connectivity index (χ2n) is 8.34. The molecule has 0 bridgehead atoms. The van der Waals surface area contributed by atoms with Crippen LogP contribution in [0.4, 0.5) is 0 Å². The highest BCUT2D eigenvalue weighted by atomic mass is 35.5. The molecule has 1 aliphatic rings. The van der Waals surface area contributed by atoms with Gasteiger partial charge in [0.25, 0.3) is 5.91 Å². The first-order valence-electron chi connectivity index (χ1n) is 11.4. The van der Waals surface area contributed by atoms with Gasteiger partial charge in [0.05, 0.1) is 22.5 Å². The van der Waals surface area contributed by atoms with Gasteiger partial charge in [-0.05, 0) is 42.0 Å². The summed E-state index contributed by atoms with van der Waals surface area (Å²) in [6.07, 6.45) is 6.06. The highest BCUT2D eigenvalue weighted by molar-refractivity contribution is 6.31. The highest BCUT2D eigenvalue weighted by Crippen LogP contribution is 2.27. The van der Waals surface area contributed by atoms with Crippen LogP contribution in [0.1, 0.15) is 15.9 Å². The topological polar surface area (TPSA) is 49.3 Å². The molecular weight excluding hydrogens is 444 g/mol. The third kappa shape index (κ3) is 5.01. The van der Waals surface area contributed by atoms with Gasteiger partial charge in [0, 0.05) is 49.3 Å². The van der Waals surface area contributed by atoms with Crippen LogP contribution in [0.25, 0.3) is 28.4 Å². The van der Waals surface area contributed by atoms with E-state index in [1.165, 1.54) is 5.56 Å². The molecule has 2 aromatic carbocycles. The number of halogens is 1. The van der Waals surface area contributed by atoms with Crippen LogP contribution in [-0.2, 0) is 0 Å². The molecule has 1 fully saturated rings. The summed E-state index contributed by atoms with van der Waals surface area (Å²) in [4.78, 5) is 27.1. The van der Waals surface area contributed by atoms with Gasteiger partial charge in [0.15, 0.2) is 0 Å². The Hall–Kier alpha value is -3.54. The van der Waals surface area contributed by atoms with Gasteiger partial charge in [0.2, 0.25) is 0 Å². The van der Waals surface area contributed by atoms with E-state index in [4.69, 9.17) is 16.6 Å². The second-order valence-corrected chi connectivity index (χ2v) is 8.77. The fraction of sp³-hybridized carbons (Fsp3) is 0.179. The first kappa shape index (κ1) is 22.3. The molecule has 0 aliphatic carbocycles. The van der Waals surface area contributed by atoms with E-state index in [1.807, 2.05) is 59.5 Å². The average molecular weight is 469 g/mol. The molecule has 1 saturated heterocycles. The molecule has 5 rings (SSSR count). The number of piperazine rings is 1. The lowest BCUT2D eigenvalue weighted by atomic mass is 10.0. The summed E-state index contributed by atoms with van der Waals surface area (Å²) in [6.45, 7) is 3.90. The predicted octanol–water partition coefficient (Wildman–Crippen LogP) is 5.42. The molecule has 6 heteroatoms. The lowest BCUT2D eigenvalue weighted by Gasteiger charge is -2.34. The van der Waals surface area contributed by atoms with Gasteiger partial charge in [-0.25, -0.2) is 4.98 Å². The number of nitrogens with zero attached hydrogens (tertiary/aromatic N) is 4. The summed E-state index contributed by atoms with van der Waals surface area (Å²) in [5.74, 6) is 0.00586. The van der Waals surface area contributed by atoms with Crippen LogP contribution >= 0.6 is 11.6 Å². The number of amides is 1. The largest absolute Gasteiger partial charge is 0.336 e. The number of aromatic nitrogens is 2. The molecule has 3 heterocycles. The van der Waals surface area contributed by atoms with Crippen LogP contribution < -0.4 is 0 Å². The Balaban J connectivity index is 1.33. The number of benzene rings is 2. The summed E-state index contributed by atoms with van der Waals surface area (Å²) >= 11 is 6.27. The molecule has 1 aliphatic heterocycles. The summed E-state index contributed by atoms with van der Waals surface area (Å²) in [5, 5.41) is 1.36. The van der Waals surface area contributed by atoms with Gasteiger partial charge < -0.3 is 4.90 Å². The van der Waals surface area contributed by atoms with Gasteiger partial charge in [-0.3, -0.25) is 14.7 Å². The van der Waals surface area contributed by atoms with Crippen molar-refractivity contribution >= 4 is 34.5 Å². The Morgan fingerprint density at radius 2 is 1.71 bits per heavy atom. The van der Waals surface area contributed by atoms with E-state index in [2.05, 4.69) is 34.2 Å². The molecule has 4 aromatic rings. The smallest absolute Gasteiger partial charge is 0.254 e. The van der Waals surface area contributed by atoms with Gasteiger partial charge in [-0.2, -0.15) is 0 Å². The number of pyridine rings is 2. The molecule has 5 nitrogen and oxygen atoms in total. The molecule has 0 N–H and O–H groups in total. The van der Waals surface area contributed by atoms with Crippen LogP contribution in [0.3, 0.4) is 0 Å². The second kappa shape index (κ2) is 10.2. The first-order chi connectivity index (χ1) is 16.7. The number of carbonyl (C=O) groups is 1. The molecule has 1 amide bonds. The zero-order valence-electron chi connectivity index (χ0n) is 18.8. The van der Waals surface area contributed by atoms with Crippen molar-refractivity contribution in [2.24, 2.45) is 0 Å². The van der Waals surface area contributed by atoms with Crippen LogP contribution in [0.2, 0.25) is 5.02 Å². The third-order valence-corrected chi connectivity index (χ3v) is 6.30. The molecule has 0 saturated carbocycles. The molecule has 0 radical (unpaired) electrons. The third-order valence-electron chi connectivity index (χ3n) is 6.06. The van der Waals surface area contributed by atoms with Crippen molar-refractivity contribution in [2.45, 2.75) is 0 Å². The maximum atomic E-state index is 13.6. The van der Waals surface area contributed by atoms with Crippen LogP contribution in [0, 0.1) is 0 Å². The molecule has 0 atom stereocenters. The van der Waals surface area contributed by atoms with Crippen molar-refractivity contribution in [1.29, 1.82) is 0 Å². The molecule has 0 unspecified atom stereocenters. The van der Waals surface area contributed by atoms with Gasteiger partial charge in [-0.15, -0.1) is 0 Å². The maximum Gasteiger partial charge on any atom is 0.254 e. The SMILES string of the molecule is O=C(c1cc(-c2ccccn2)nc2ccc(Cl)cc12)N1CCN(C/C=C/c2ccccc2)CC1. The quantitative estimate of drug-likeness (QED) is 0.392.